The Morgan fingerprint density at radius 2 is 2.00 bits per heavy atom. The summed E-state index contributed by atoms with van der Waals surface area (Å²) in [7, 11) is -1.58. The molecule has 0 bridgehead atoms. The highest BCUT2D eigenvalue weighted by Crippen LogP contribution is 2.16. The van der Waals surface area contributed by atoms with E-state index in [9.17, 15) is 4.39 Å². The Morgan fingerprint density at radius 1 is 1.27 bits per heavy atom. The lowest BCUT2D eigenvalue weighted by molar-refractivity contribution is 0.425. The van der Waals surface area contributed by atoms with E-state index in [2.05, 4.69) is 4.98 Å². The first kappa shape index (κ1) is 10.1. The molecule has 0 spiro atoms. The Hall–Kier alpha value is -1.46. The Labute approximate surface area is 86.3 Å². The van der Waals surface area contributed by atoms with Crippen molar-refractivity contribution in [1.29, 1.82) is 0 Å². The highest BCUT2D eigenvalue weighted by atomic mass is 19.1. The van der Waals surface area contributed by atoms with Gasteiger partial charge in [-0.3, -0.25) is 4.98 Å². The highest BCUT2D eigenvalue weighted by Gasteiger charge is 2.13. The summed E-state index contributed by atoms with van der Waals surface area (Å²) in [5, 5.41) is 18.5. The number of rotatable bonds is 1. The smallest absolute Gasteiger partial charge is 0.423 e. The van der Waals surface area contributed by atoms with Crippen molar-refractivity contribution in [2.24, 2.45) is 0 Å². The van der Waals surface area contributed by atoms with E-state index in [4.69, 9.17) is 10.0 Å². The fourth-order valence-electron chi connectivity index (χ4n) is 1.50. The van der Waals surface area contributed by atoms with Crippen molar-refractivity contribution in [3.8, 4) is 0 Å². The van der Waals surface area contributed by atoms with Crippen molar-refractivity contribution in [1.82, 2.24) is 4.98 Å². The van der Waals surface area contributed by atoms with Gasteiger partial charge in [0.2, 0.25) is 0 Å². The summed E-state index contributed by atoms with van der Waals surface area (Å²) in [5.41, 5.74) is 1.27. The summed E-state index contributed by atoms with van der Waals surface area (Å²) >= 11 is 0. The van der Waals surface area contributed by atoms with E-state index in [0.29, 0.717) is 5.39 Å². The molecule has 76 valence electrons. The number of nitrogens with zero attached hydrogens (tertiary/aromatic N) is 1. The molecule has 2 N–H and O–H groups in total. The van der Waals surface area contributed by atoms with Crippen LogP contribution in [0.2, 0.25) is 0 Å². The minimum atomic E-state index is -1.58. The van der Waals surface area contributed by atoms with Crippen LogP contribution in [-0.2, 0) is 0 Å². The first-order valence-corrected chi connectivity index (χ1v) is 4.50. The summed E-state index contributed by atoms with van der Waals surface area (Å²) in [6.07, 6.45) is 1.26. The van der Waals surface area contributed by atoms with Crippen molar-refractivity contribution in [3.63, 3.8) is 0 Å². The predicted octanol–water partition coefficient (Wildman–Crippen LogP) is 0.362. The largest absolute Gasteiger partial charge is 0.490 e. The molecule has 1 heterocycles. The fraction of sp³-hybridized carbons (Fsp3) is 0.100. The topological polar surface area (TPSA) is 53.4 Å². The van der Waals surface area contributed by atoms with Crippen molar-refractivity contribution in [2.75, 3.05) is 0 Å². The molecule has 15 heavy (non-hydrogen) atoms. The van der Waals surface area contributed by atoms with E-state index in [1.807, 2.05) is 0 Å². The van der Waals surface area contributed by atoms with Gasteiger partial charge in [-0.15, -0.1) is 0 Å². The summed E-state index contributed by atoms with van der Waals surface area (Å²) in [4.78, 5) is 3.85. The lowest BCUT2D eigenvalue weighted by Crippen LogP contribution is -2.30. The van der Waals surface area contributed by atoms with Crippen LogP contribution in [0.25, 0.3) is 10.9 Å². The van der Waals surface area contributed by atoms with Gasteiger partial charge in [0.25, 0.3) is 0 Å². The number of hydrogen-bond acceptors (Lipinski definition) is 3. The second-order valence-corrected chi connectivity index (χ2v) is 3.46. The van der Waals surface area contributed by atoms with Crippen LogP contribution in [0.15, 0.2) is 24.4 Å². The van der Waals surface area contributed by atoms with Gasteiger partial charge in [-0.2, -0.15) is 0 Å². The maximum absolute atomic E-state index is 13.4. The van der Waals surface area contributed by atoms with Crippen LogP contribution in [0.5, 0.6) is 0 Å². The normalized spacial score (nSPS) is 10.7. The second kappa shape index (κ2) is 3.60. The predicted molar refractivity (Wildman–Crippen MR) is 56.3 cm³/mol. The molecule has 0 fully saturated rings. The Bertz CT molecular complexity index is 516. The number of benzene rings is 1. The average Bonchev–Trinajstić information content (AvgIpc) is 2.16. The zero-order valence-electron chi connectivity index (χ0n) is 8.11. The van der Waals surface area contributed by atoms with Gasteiger partial charge in [0, 0.05) is 17.0 Å². The number of fused-ring (bicyclic) bond motifs is 1. The van der Waals surface area contributed by atoms with Gasteiger partial charge in [0.15, 0.2) is 0 Å². The zero-order chi connectivity index (χ0) is 11.0. The lowest BCUT2D eigenvalue weighted by Gasteiger charge is -2.03. The van der Waals surface area contributed by atoms with E-state index in [-0.39, 0.29) is 11.0 Å². The van der Waals surface area contributed by atoms with Gasteiger partial charge >= 0.3 is 7.12 Å². The van der Waals surface area contributed by atoms with Crippen molar-refractivity contribution in [3.05, 3.63) is 35.8 Å². The molecule has 1 aromatic carbocycles. The molecule has 0 amide bonds. The lowest BCUT2D eigenvalue weighted by atomic mass is 9.81. The number of aryl methyl sites for hydroxylation is 1. The van der Waals surface area contributed by atoms with Crippen LogP contribution in [0.3, 0.4) is 0 Å². The second-order valence-electron chi connectivity index (χ2n) is 3.46. The molecule has 0 radical (unpaired) electrons. The van der Waals surface area contributed by atoms with Crippen molar-refractivity contribution >= 4 is 23.5 Å². The number of halogens is 1. The van der Waals surface area contributed by atoms with Gasteiger partial charge in [0.1, 0.15) is 11.3 Å². The number of hydrogen-bond donors (Lipinski definition) is 2. The Kier molecular flexibility index (Phi) is 2.42. The molecule has 0 unspecified atom stereocenters. The van der Waals surface area contributed by atoms with Crippen molar-refractivity contribution in [2.45, 2.75) is 6.92 Å². The van der Waals surface area contributed by atoms with Crippen LogP contribution in [-0.4, -0.2) is 22.2 Å². The van der Waals surface area contributed by atoms with Gasteiger partial charge in [-0.05, 0) is 24.6 Å². The summed E-state index contributed by atoms with van der Waals surface area (Å²) in [6.45, 7) is 1.77. The quantitative estimate of drug-likeness (QED) is 0.661. The van der Waals surface area contributed by atoms with E-state index >= 15 is 0 Å². The monoisotopic (exact) mass is 205 g/mol. The minimum absolute atomic E-state index is 0.241. The average molecular weight is 205 g/mol. The molecule has 0 aliphatic rings. The first-order chi connectivity index (χ1) is 7.08. The van der Waals surface area contributed by atoms with Crippen LogP contribution in [0, 0.1) is 12.7 Å². The van der Waals surface area contributed by atoms with Gasteiger partial charge in [-0.1, -0.05) is 6.07 Å². The summed E-state index contributed by atoms with van der Waals surface area (Å²) < 4.78 is 13.4. The van der Waals surface area contributed by atoms with Crippen LogP contribution >= 0.6 is 0 Å². The third-order valence-electron chi connectivity index (χ3n) is 2.20. The maximum Gasteiger partial charge on any atom is 0.490 e. The summed E-state index contributed by atoms with van der Waals surface area (Å²) in [6, 6.07) is 4.66. The zero-order valence-corrected chi connectivity index (χ0v) is 8.11. The summed E-state index contributed by atoms with van der Waals surface area (Å²) in [5.74, 6) is -0.399. The molecule has 0 saturated heterocycles. The molecule has 1 aromatic heterocycles. The van der Waals surface area contributed by atoms with Gasteiger partial charge < -0.3 is 10.0 Å². The SMILES string of the molecule is Cc1cc(F)c2ncc(B(O)O)cc2c1. The Balaban J connectivity index is 2.71. The molecule has 0 aliphatic heterocycles. The number of aromatic nitrogens is 1. The molecule has 5 heteroatoms. The van der Waals surface area contributed by atoms with E-state index in [1.54, 1.807) is 13.0 Å². The Morgan fingerprint density at radius 3 is 2.67 bits per heavy atom. The number of pyridine rings is 1. The molecule has 2 aromatic rings. The molecule has 0 aliphatic carbocycles. The molecule has 0 atom stereocenters. The minimum Gasteiger partial charge on any atom is -0.423 e. The van der Waals surface area contributed by atoms with E-state index in [0.717, 1.165) is 5.56 Å². The third-order valence-corrected chi connectivity index (χ3v) is 2.20. The van der Waals surface area contributed by atoms with Crippen molar-refractivity contribution < 1.29 is 14.4 Å². The van der Waals surface area contributed by atoms with Gasteiger partial charge in [-0.25, -0.2) is 4.39 Å². The molecule has 0 saturated carbocycles. The fourth-order valence-corrected chi connectivity index (χ4v) is 1.50. The maximum atomic E-state index is 13.4. The molecular formula is C10H9BFNO2. The highest BCUT2D eigenvalue weighted by molar-refractivity contribution is 6.58. The van der Waals surface area contributed by atoms with Crippen LogP contribution in [0.4, 0.5) is 4.39 Å². The standard InChI is InChI=1S/C10H9BFNO2/c1-6-2-7-4-8(11(14)15)5-13-10(7)9(12)3-6/h2-5,14-15H,1H3. The molecule has 2 rings (SSSR count). The van der Waals surface area contributed by atoms with E-state index < -0.39 is 12.9 Å². The van der Waals surface area contributed by atoms with E-state index in [1.165, 1.54) is 18.3 Å². The third kappa shape index (κ3) is 1.84. The van der Waals surface area contributed by atoms with Crippen LogP contribution < -0.4 is 5.46 Å². The first-order valence-electron chi connectivity index (χ1n) is 4.50. The van der Waals surface area contributed by atoms with Gasteiger partial charge in [0.05, 0.1) is 0 Å². The molecular weight excluding hydrogens is 196 g/mol. The molecule has 3 nitrogen and oxygen atoms in total. The van der Waals surface area contributed by atoms with Crippen LogP contribution in [0.1, 0.15) is 5.56 Å².